The minimum Gasteiger partial charge on any atom is -0.478 e. The fourth-order valence-corrected chi connectivity index (χ4v) is 3.82. The van der Waals surface area contributed by atoms with E-state index in [1.54, 1.807) is 42.1 Å². The zero-order chi connectivity index (χ0) is 23.0. The zero-order valence-electron chi connectivity index (χ0n) is 18.5. The van der Waals surface area contributed by atoms with Crippen LogP contribution in [0.3, 0.4) is 0 Å². The molecule has 9 nitrogen and oxygen atoms in total. The Morgan fingerprint density at radius 1 is 1.31 bits per heavy atom. The van der Waals surface area contributed by atoms with E-state index >= 15 is 0 Å². The third-order valence-electron chi connectivity index (χ3n) is 5.66. The Labute approximate surface area is 185 Å². The number of nitrogens with zero attached hydrogens (tertiary/aromatic N) is 3. The minimum atomic E-state index is -1.01. The predicted molar refractivity (Wildman–Crippen MR) is 118 cm³/mol. The topological polar surface area (TPSA) is 110 Å². The number of fused-ring (bicyclic) bond motifs is 1. The van der Waals surface area contributed by atoms with Gasteiger partial charge in [0, 0.05) is 7.05 Å². The summed E-state index contributed by atoms with van der Waals surface area (Å²) in [7, 11) is 1.80. The fraction of sp³-hybridized carbons (Fsp3) is 0.348. The van der Waals surface area contributed by atoms with Crippen molar-refractivity contribution in [2.75, 3.05) is 16.8 Å². The highest BCUT2D eigenvalue weighted by molar-refractivity contribution is 6.06. The number of nitrogens with one attached hydrogen (secondary N) is 1. The van der Waals surface area contributed by atoms with Crippen LogP contribution in [0.25, 0.3) is 0 Å². The van der Waals surface area contributed by atoms with Crippen LogP contribution >= 0.6 is 0 Å². The van der Waals surface area contributed by atoms with Gasteiger partial charge in [0.05, 0.1) is 29.0 Å². The van der Waals surface area contributed by atoms with Crippen molar-refractivity contribution in [3.05, 3.63) is 59.3 Å². The monoisotopic (exact) mass is 438 g/mol. The van der Waals surface area contributed by atoms with Gasteiger partial charge in [0.1, 0.15) is 24.2 Å². The molecule has 3 aromatic rings. The van der Waals surface area contributed by atoms with Crippen molar-refractivity contribution in [1.82, 2.24) is 9.78 Å². The number of anilines is 2. The SMILES string of the molecule is CC[C@H]1Oc2ccc([C@@H](O)c3ccco3)cc2N(CC(=O)Nc2c(C)nn(C)c2C)C1=O. The van der Waals surface area contributed by atoms with Gasteiger partial charge in [0.25, 0.3) is 5.91 Å². The average molecular weight is 438 g/mol. The van der Waals surface area contributed by atoms with Crippen molar-refractivity contribution in [2.45, 2.75) is 39.4 Å². The molecule has 0 fully saturated rings. The van der Waals surface area contributed by atoms with Crippen molar-refractivity contribution in [3.63, 3.8) is 0 Å². The number of aromatic nitrogens is 2. The molecule has 1 aliphatic rings. The molecule has 2 N–H and O–H groups in total. The number of furan rings is 1. The fourth-order valence-electron chi connectivity index (χ4n) is 3.82. The summed E-state index contributed by atoms with van der Waals surface area (Å²) in [6, 6.07) is 8.43. The van der Waals surface area contributed by atoms with E-state index in [-0.39, 0.29) is 18.4 Å². The Hall–Kier alpha value is -3.59. The number of amides is 2. The van der Waals surface area contributed by atoms with Gasteiger partial charge < -0.3 is 19.6 Å². The Balaban J connectivity index is 1.64. The molecular weight excluding hydrogens is 412 g/mol. The number of hydrogen-bond acceptors (Lipinski definition) is 6. The third kappa shape index (κ3) is 3.87. The average Bonchev–Trinajstić information content (AvgIpc) is 3.39. The van der Waals surface area contributed by atoms with Crippen LogP contribution < -0.4 is 15.0 Å². The predicted octanol–water partition coefficient (Wildman–Crippen LogP) is 2.85. The molecule has 2 aromatic heterocycles. The van der Waals surface area contributed by atoms with E-state index in [4.69, 9.17) is 9.15 Å². The summed E-state index contributed by atoms with van der Waals surface area (Å²) in [6.07, 6.45) is 0.256. The van der Waals surface area contributed by atoms with Gasteiger partial charge in [-0.1, -0.05) is 13.0 Å². The molecule has 0 bridgehead atoms. The lowest BCUT2D eigenvalue weighted by Crippen LogP contribution is -2.48. The van der Waals surface area contributed by atoms with Crippen LogP contribution in [-0.4, -0.2) is 39.4 Å². The number of benzene rings is 1. The molecule has 9 heteroatoms. The van der Waals surface area contributed by atoms with E-state index in [9.17, 15) is 14.7 Å². The van der Waals surface area contributed by atoms with E-state index in [2.05, 4.69) is 10.4 Å². The molecule has 32 heavy (non-hydrogen) atoms. The standard InChI is InChI=1S/C23H26N4O5/c1-5-17-23(30)27(12-20(28)24-21-13(2)25-26(4)14(21)3)16-11-15(8-9-18(16)32-17)22(29)19-7-6-10-31-19/h6-11,17,22,29H,5,12H2,1-4H3,(H,24,28)/t17-,22-/m1/s1. The first-order valence-corrected chi connectivity index (χ1v) is 10.4. The molecule has 2 amide bonds. The molecule has 0 unspecified atom stereocenters. The lowest BCUT2D eigenvalue weighted by molar-refractivity contribution is -0.128. The molecule has 0 spiro atoms. The van der Waals surface area contributed by atoms with Gasteiger partial charge in [0.2, 0.25) is 5.91 Å². The first-order chi connectivity index (χ1) is 15.3. The molecule has 1 aliphatic heterocycles. The summed E-state index contributed by atoms with van der Waals surface area (Å²) in [5.41, 5.74) is 3.10. The van der Waals surface area contributed by atoms with Gasteiger partial charge in [-0.3, -0.25) is 19.2 Å². The Bertz CT molecular complexity index is 1150. The largest absolute Gasteiger partial charge is 0.478 e. The summed E-state index contributed by atoms with van der Waals surface area (Å²) in [6.45, 7) is 5.33. The van der Waals surface area contributed by atoms with Gasteiger partial charge in [-0.25, -0.2) is 0 Å². The maximum atomic E-state index is 13.1. The number of aliphatic hydroxyl groups excluding tert-OH is 1. The van der Waals surface area contributed by atoms with Gasteiger partial charge in [-0.15, -0.1) is 0 Å². The second-order valence-corrected chi connectivity index (χ2v) is 7.80. The molecule has 0 saturated carbocycles. The van der Waals surface area contributed by atoms with Crippen molar-refractivity contribution in [2.24, 2.45) is 7.05 Å². The minimum absolute atomic E-state index is 0.195. The summed E-state index contributed by atoms with van der Waals surface area (Å²) in [4.78, 5) is 27.4. The van der Waals surface area contributed by atoms with Crippen LogP contribution in [-0.2, 0) is 16.6 Å². The highest BCUT2D eigenvalue weighted by Gasteiger charge is 2.35. The van der Waals surface area contributed by atoms with Crippen LogP contribution in [0.15, 0.2) is 41.0 Å². The Kier molecular flexibility index (Phi) is 5.75. The van der Waals surface area contributed by atoms with Crippen molar-refractivity contribution < 1.29 is 23.8 Å². The number of aliphatic hydroxyl groups is 1. The quantitative estimate of drug-likeness (QED) is 0.612. The zero-order valence-corrected chi connectivity index (χ0v) is 18.5. The van der Waals surface area contributed by atoms with Gasteiger partial charge in [0.15, 0.2) is 6.10 Å². The van der Waals surface area contributed by atoms with Crippen molar-refractivity contribution in [3.8, 4) is 5.75 Å². The maximum absolute atomic E-state index is 13.1. The van der Waals surface area contributed by atoms with E-state index in [0.717, 1.165) is 5.69 Å². The summed E-state index contributed by atoms with van der Waals surface area (Å²) >= 11 is 0. The van der Waals surface area contributed by atoms with Gasteiger partial charge >= 0.3 is 0 Å². The van der Waals surface area contributed by atoms with Crippen LogP contribution in [0.1, 0.15) is 42.2 Å². The molecule has 3 heterocycles. The molecule has 2 atom stereocenters. The number of carbonyl (C=O) groups is 2. The summed E-state index contributed by atoms with van der Waals surface area (Å²) in [5, 5.41) is 17.8. The number of ether oxygens (including phenoxy) is 1. The van der Waals surface area contributed by atoms with Gasteiger partial charge in [-0.05, 0) is 50.1 Å². The summed E-state index contributed by atoms with van der Waals surface area (Å²) < 4.78 is 12.8. The van der Waals surface area contributed by atoms with E-state index in [0.29, 0.717) is 40.6 Å². The molecule has 4 rings (SSSR count). The van der Waals surface area contributed by atoms with Crippen LogP contribution in [0.2, 0.25) is 0 Å². The normalized spacial score (nSPS) is 16.5. The molecule has 1 aromatic carbocycles. The second-order valence-electron chi connectivity index (χ2n) is 7.80. The van der Waals surface area contributed by atoms with Crippen LogP contribution in [0.4, 0.5) is 11.4 Å². The highest BCUT2D eigenvalue weighted by atomic mass is 16.5. The van der Waals surface area contributed by atoms with Crippen LogP contribution in [0.5, 0.6) is 5.75 Å². The molecule has 168 valence electrons. The van der Waals surface area contributed by atoms with Gasteiger partial charge in [-0.2, -0.15) is 5.10 Å². The van der Waals surface area contributed by atoms with Crippen molar-refractivity contribution >= 4 is 23.2 Å². The number of carbonyl (C=O) groups excluding carboxylic acids is 2. The lowest BCUT2D eigenvalue weighted by Gasteiger charge is -2.34. The number of rotatable bonds is 6. The third-order valence-corrected chi connectivity index (χ3v) is 5.66. The summed E-state index contributed by atoms with van der Waals surface area (Å²) in [5.74, 6) is 0.205. The van der Waals surface area contributed by atoms with E-state index in [1.807, 2.05) is 20.8 Å². The first kappa shape index (κ1) is 21.6. The lowest BCUT2D eigenvalue weighted by atomic mass is 10.0. The highest BCUT2D eigenvalue weighted by Crippen LogP contribution is 2.38. The Morgan fingerprint density at radius 3 is 2.72 bits per heavy atom. The van der Waals surface area contributed by atoms with Crippen molar-refractivity contribution in [1.29, 1.82) is 0 Å². The smallest absolute Gasteiger partial charge is 0.268 e. The van der Waals surface area contributed by atoms with E-state index < -0.39 is 12.2 Å². The maximum Gasteiger partial charge on any atom is 0.268 e. The Morgan fingerprint density at radius 2 is 2.09 bits per heavy atom. The molecular formula is C23H26N4O5. The number of hydrogen-bond donors (Lipinski definition) is 2. The number of aryl methyl sites for hydroxylation is 2. The molecule has 0 aliphatic carbocycles. The van der Waals surface area contributed by atoms with E-state index in [1.165, 1.54) is 11.2 Å². The van der Waals surface area contributed by atoms with Crippen LogP contribution in [0, 0.1) is 13.8 Å². The first-order valence-electron chi connectivity index (χ1n) is 10.4. The second kappa shape index (κ2) is 8.51. The molecule has 0 radical (unpaired) electrons. The molecule has 0 saturated heterocycles.